The molecule has 0 aromatic carbocycles. The third-order valence-electron chi connectivity index (χ3n) is 3.41. The first-order chi connectivity index (χ1) is 7.77. The smallest absolute Gasteiger partial charge is 0.221 e. The Morgan fingerprint density at radius 3 is 2.56 bits per heavy atom. The molecule has 94 valence electrons. The van der Waals surface area contributed by atoms with Gasteiger partial charge in [-0.3, -0.25) is 9.69 Å². The largest absolute Gasteiger partial charge is 0.359 e. The zero-order valence-corrected chi connectivity index (χ0v) is 10.4. The van der Waals surface area contributed by atoms with E-state index in [4.69, 9.17) is 5.73 Å². The molecule has 0 spiro atoms. The lowest BCUT2D eigenvalue weighted by atomic mass is 9.94. The van der Waals surface area contributed by atoms with E-state index in [-0.39, 0.29) is 5.91 Å². The fourth-order valence-corrected chi connectivity index (χ4v) is 2.46. The molecular weight excluding hydrogens is 202 g/mol. The summed E-state index contributed by atoms with van der Waals surface area (Å²) in [6.45, 7) is 2.45. The quantitative estimate of drug-likeness (QED) is 0.703. The van der Waals surface area contributed by atoms with Crippen molar-refractivity contribution in [2.45, 2.75) is 44.6 Å². The molecule has 0 bridgehead atoms. The van der Waals surface area contributed by atoms with Crippen molar-refractivity contribution in [3.8, 4) is 0 Å². The van der Waals surface area contributed by atoms with Gasteiger partial charge < -0.3 is 11.1 Å². The maximum Gasteiger partial charge on any atom is 0.221 e. The second-order valence-electron chi connectivity index (χ2n) is 4.54. The molecule has 0 atom stereocenters. The summed E-state index contributed by atoms with van der Waals surface area (Å²) in [6.07, 6.45) is 7.15. The second-order valence-corrected chi connectivity index (χ2v) is 4.54. The molecule has 0 aromatic heterocycles. The minimum atomic E-state index is 0.123. The van der Waals surface area contributed by atoms with Gasteiger partial charge in [-0.25, -0.2) is 0 Å². The van der Waals surface area contributed by atoms with Crippen LogP contribution in [0.4, 0.5) is 0 Å². The number of carbonyl (C=O) groups excluding carboxylic acids is 1. The number of nitrogens with two attached hydrogens (primary N) is 1. The van der Waals surface area contributed by atoms with Crippen molar-refractivity contribution in [3.63, 3.8) is 0 Å². The third-order valence-corrected chi connectivity index (χ3v) is 3.41. The van der Waals surface area contributed by atoms with E-state index in [1.807, 2.05) is 0 Å². The molecule has 1 saturated carbocycles. The summed E-state index contributed by atoms with van der Waals surface area (Å²) >= 11 is 0. The Labute approximate surface area is 98.6 Å². The van der Waals surface area contributed by atoms with Crippen LogP contribution in [0, 0.1) is 0 Å². The van der Waals surface area contributed by atoms with Crippen LogP contribution in [0.5, 0.6) is 0 Å². The zero-order valence-electron chi connectivity index (χ0n) is 10.4. The van der Waals surface area contributed by atoms with Crippen LogP contribution in [-0.2, 0) is 4.79 Å². The molecule has 4 nitrogen and oxygen atoms in total. The average Bonchev–Trinajstić information content (AvgIpc) is 2.35. The predicted octanol–water partition coefficient (Wildman–Crippen LogP) is 0.716. The minimum Gasteiger partial charge on any atom is -0.359 e. The van der Waals surface area contributed by atoms with E-state index in [9.17, 15) is 4.79 Å². The van der Waals surface area contributed by atoms with E-state index in [0.717, 1.165) is 13.1 Å². The summed E-state index contributed by atoms with van der Waals surface area (Å²) in [5, 5.41) is 2.67. The molecule has 3 N–H and O–H groups in total. The third kappa shape index (κ3) is 4.49. The van der Waals surface area contributed by atoms with Gasteiger partial charge in [-0.1, -0.05) is 19.3 Å². The summed E-state index contributed by atoms with van der Waals surface area (Å²) in [4.78, 5) is 13.6. The van der Waals surface area contributed by atoms with Gasteiger partial charge in [0.15, 0.2) is 0 Å². The number of hydrogen-bond acceptors (Lipinski definition) is 3. The SMILES string of the molecule is CNC(=O)CCN(CCN)C1CCCCC1. The maximum atomic E-state index is 11.2. The molecule has 4 heteroatoms. The van der Waals surface area contributed by atoms with E-state index in [2.05, 4.69) is 10.2 Å². The van der Waals surface area contributed by atoms with E-state index in [1.54, 1.807) is 7.05 Å². The fourth-order valence-electron chi connectivity index (χ4n) is 2.46. The van der Waals surface area contributed by atoms with Crippen LogP contribution >= 0.6 is 0 Å². The minimum absolute atomic E-state index is 0.123. The summed E-state index contributed by atoms with van der Waals surface area (Å²) < 4.78 is 0. The van der Waals surface area contributed by atoms with Crippen LogP contribution < -0.4 is 11.1 Å². The Kier molecular flexibility index (Phi) is 6.42. The topological polar surface area (TPSA) is 58.4 Å². The highest BCUT2D eigenvalue weighted by atomic mass is 16.1. The van der Waals surface area contributed by atoms with Crippen LogP contribution in [0.15, 0.2) is 0 Å². The van der Waals surface area contributed by atoms with Gasteiger partial charge in [0.05, 0.1) is 0 Å². The molecule has 1 fully saturated rings. The Morgan fingerprint density at radius 1 is 1.31 bits per heavy atom. The molecule has 0 aliphatic heterocycles. The van der Waals surface area contributed by atoms with Crippen LogP contribution in [0.3, 0.4) is 0 Å². The lowest BCUT2D eigenvalue weighted by molar-refractivity contribution is -0.121. The highest BCUT2D eigenvalue weighted by molar-refractivity contribution is 5.75. The summed E-state index contributed by atoms with van der Waals surface area (Å²) in [7, 11) is 1.69. The first kappa shape index (κ1) is 13.5. The van der Waals surface area contributed by atoms with Gasteiger partial charge in [-0.2, -0.15) is 0 Å². The molecule has 1 aliphatic rings. The number of amides is 1. The van der Waals surface area contributed by atoms with Crippen LogP contribution in [-0.4, -0.2) is 43.5 Å². The van der Waals surface area contributed by atoms with Crippen LogP contribution in [0.25, 0.3) is 0 Å². The highest BCUT2D eigenvalue weighted by Crippen LogP contribution is 2.22. The molecule has 1 rings (SSSR count). The molecular formula is C12H25N3O. The zero-order chi connectivity index (χ0) is 11.8. The Bertz CT molecular complexity index is 202. The first-order valence-electron chi connectivity index (χ1n) is 6.42. The van der Waals surface area contributed by atoms with Crippen molar-refractivity contribution in [3.05, 3.63) is 0 Å². The Morgan fingerprint density at radius 2 is 2.00 bits per heavy atom. The van der Waals surface area contributed by atoms with Crippen LogP contribution in [0.2, 0.25) is 0 Å². The monoisotopic (exact) mass is 227 g/mol. The number of nitrogens with zero attached hydrogens (tertiary/aromatic N) is 1. The van der Waals surface area contributed by atoms with Crippen molar-refractivity contribution < 1.29 is 4.79 Å². The van der Waals surface area contributed by atoms with Crippen molar-refractivity contribution in [2.75, 3.05) is 26.7 Å². The average molecular weight is 227 g/mol. The summed E-state index contributed by atoms with van der Waals surface area (Å²) in [5.41, 5.74) is 5.63. The molecule has 0 saturated heterocycles. The lowest BCUT2D eigenvalue weighted by Gasteiger charge is -2.33. The number of nitrogens with one attached hydrogen (secondary N) is 1. The molecule has 0 aromatic rings. The van der Waals surface area contributed by atoms with E-state index in [0.29, 0.717) is 19.0 Å². The molecule has 0 radical (unpaired) electrons. The van der Waals surface area contributed by atoms with Gasteiger partial charge in [0, 0.05) is 39.1 Å². The number of rotatable bonds is 6. The standard InChI is InChI=1S/C12H25N3O/c1-14-12(16)7-9-15(10-8-13)11-5-3-2-4-6-11/h11H,2-10,13H2,1H3,(H,14,16). The van der Waals surface area contributed by atoms with Crippen molar-refractivity contribution in [1.29, 1.82) is 0 Å². The summed E-state index contributed by atoms with van der Waals surface area (Å²) in [6, 6.07) is 0.655. The molecule has 1 aliphatic carbocycles. The maximum absolute atomic E-state index is 11.2. The summed E-state index contributed by atoms with van der Waals surface area (Å²) in [5.74, 6) is 0.123. The van der Waals surface area contributed by atoms with Gasteiger partial charge in [0.25, 0.3) is 0 Å². The van der Waals surface area contributed by atoms with Gasteiger partial charge in [0.2, 0.25) is 5.91 Å². The molecule has 0 unspecified atom stereocenters. The normalized spacial score (nSPS) is 17.7. The van der Waals surface area contributed by atoms with Crippen molar-refractivity contribution in [1.82, 2.24) is 10.2 Å². The number of carbonyl (C=O) groups is 1. The Balaban J connectivity index is 2.35. The van der Waals surface area contributed by atoms with E-state index >= 15 is 0 Å². The molecule has 0 heterocycles. The Hall–Kier alpha value is -0.610. The van der Waals surface area contributed by atoms with Gasteiger partial charge in [-0.15, -0.1) is 0 Å². The van der Waals surface area contributed by atoms with Gasteiger partial charge >= 0.3 is 0 Å². The number of hydrogen-bond donors (Lipinski definition) is 2. The van der Waals surface area contributed by atoms with Gasteiger partial charge in [0.1, 0.15) is 0 Å². The molecule has 16 heavy (non-hydrogen) atoms. The first-order valence-corrected chi connectivity index (χ1v) is 6.42. The van der Waals surface area contributed by atoms with Crippen molar-refractivity contribution in [2.24, 2.45) is 5.73 Å². The predicted molar refractivity (Wildman–Crippen MR) is 66.2 cm³/mol. The van der Waals surface area contributed by atoms with Crippen LogP contribution in [0.1, 0.15) is 38.5 Å². The molecule has 1 amide bonds. The van der Waals surface area contributed by atoms with E-state index in [1.165, 1.54) is 32.1 Å². The van der Waals surface area contributed by atoms with Gasteiger partial charge in [-0.05, 0) is 12.8 Å². The fraction of sp³-hybridized carbons (Fsp3) is 0.917. The van der Waals surface area contributed by atoms with E-state index < -0.39 is 0 Å². The lowest BCUT2D eigenvalue weighted by Crippen LogP contribution is -2.41. The van der Waals surface area contributed by atoms with Crippen molar-refractivity contribution >= 4 is 5.91 Å². The second kappa shape index (κ2) is 7.63. The highest BCUT2D eigenvalue weighted by Gasteiger charge is 2.20.